The Morgan fingerprint density at radius 1 is 1.07 bits per heavy atom. The summed E-state index contributed by atoms with van der Waals surface area (Å²) in [5.74, 6) is 0.876. The van der Waals surface area contributed by atoms with Crippen LogP contribution in [0, 0.1) is 5.92 Å². The fourth-order valence-electron chi connectivity index (χ4n) is 2.08. The van der Waals surface area contributed by atoms with E-state index in [-0.39, 0.29) is 0 Å². The van der Waals surface area contributed by atoms with Gasteiger partial charge >= 0.3 is 0 Å². The van der Waals surface area contributed by atoms with Crippen molar-refractivity contribution in [2.45, 2.75) is 78.7 Å². The molecule has 0 amide bonds. The molecule has 0 saturated heterocycles. The van der Waals surface area contributed by atoms with E-state index in [9.17, 15) is 0 Å². The Morgan fingerprint density at radius 2 is 1.73 bits per heavy atom. The van der Waals surface area contributed by atoms with E-state index in [0.29, 0.717) is 5.54 Å². The first-order valence-electron chi connectivity index (χ1n) is 6.80. The third kappa shape index (κ3) is 7.84. The molecule has 15 heavy (non-hydrogen) atoms. The second kappa shape index (κ2) is 8.15. The maximum absolute atomic E-state index is 3.72. The van der Waals surface area contributed by atoms with Gasteiger partial charge in [0, 0.05) is 5.54 Å². The highest BCUT2D eigenvalue weighted by Gasteiger charge is 2.17. The lowest BCUT2D eigenvalue weighted by molar-refractivity contribution is 0.311. The van der Waals surface area contributed by atoms with Crippen LogP contribution in [-0.2, 0) is 0 Å². The molecular formula is C14H31N. The van der Waals surface area contributed by atoms with Gasteiger partial charge in [-0.2, -0.15) is 0 Å². The van der Waals surface area contributed by atoms with E-state index in [1.54, 1.807) is 0 Å². The van der Waals surface area contributed by atoms with Gasteiger partial charge in [-0.05, 0) is 39.2 Å². The van der Waals surface area contributed by atoms with Crippen molar-refractivity contribution in [2.24, 2.45) is 5.92 Å². The Bertz CT molecular complexity index is 140. The molecule has 0 aromatic carbocycles. The molecule has 1 unspecified atom stereocenters. The van der Waals surface area contributed by atoms with Crippen LogP contribution in [0.25, 0.3) is 0 Å². The van der Waals surface area contributed by atoms with Gasteiger partial charge in [0.25, 0.3) is 0 Å². The van der Waals surface area contributed by atoms with Gasteiger partial charge in [0.05, 0.1) is 0 Å². The van der Waals surface area contributed by atoms with Crippen LogP contribution in [-0.4, -0.2) is 12.1 Å². The summed E-state index contributed by atoms with van der Waals surface area (Å²) in [6.07, 6.45) is 7.96. The molecular weight excluding hydrogens is 182 g/mol. The van der Waals surface area contributed by atoms with Crippen molar-refractivity contribution in [3.63, 3.8) is 0 Å². The Morgan fingerprint density at radius 3 is 2.20 bits per heavy atom. The second-order valence-electron chi connectivity index (χ2n) is 5.43. The number of nitrogens with one attached hydrogen (secondary N) is 1. The minimum absolute atomic E-state index is 0.328. The minimum atomic E-state index is 0.328. The van der Waals surface area contributed by atoms with Gasteiger partial charge in [0.1, 0.15) is 0 Å². The maximum atomic E-state index is 3.72. The van der Waals surface area contributed by atoms with Crippen LogP contribution in [0.4, 0.5) is 0 Å². The fourth-order valence-corrected chi connectivity index (χ4v) is 2.08. The number of unbranched alkanes of at least 4 members (excludes halogenated alkanes) is 1. The van der Waals surface area contributed by atoms with Gasteiger partial charge in [0.2, 0.25) is 0 Å². The third-order valence-electron chi connectivity index (χ3n) is 3.29. The monoisotopic (exact) mass is 213 g/mol. The number of rotatable bonds is 9. The van der Waals surface area contributed by atoms with Crippen LogP contribution in [0.1, 0.15) is 73.1 Å². The zero-order valence-electron chi connectivity index (χ0n) is 11.5. The van der Waals surface area contributed by atoms with Gasteiger partial charge in [0.15, 0.2) is 0 Å². The van der Waals surface area contributed by atoms with Crippen molar-refractivity contribution in [1.29, 1.82) is 0 Å². The topological polar surface area (TPSA) is 12.0 Å². The normalized spacial score (nSPS) is 14.2. The highest BCUT2D eigenvalue weighted by molar-refractivity contribution is 4.78. The molecule has 92 valence electrons. The molecule has 0 saturated carbocycles. The predicted molar refractivity (Wildman–Crippen MR) is 70.3 cm³/mol. The summed E-state index contributed by atoms with van der Waals surface area (Å²) in [5.41, 5.74) is 0.328. The predicted octanol–water partition coefficient (Wildman–Crippen LogP) is 4.37. The molecule has 0 aliphatic rings. The molecule has 0 fully saturated rings. The van der Waals surface area contributed by atoms with Crippen molar-refractivity contribution >= 4 is 0 Å². The van der Waals surface area contributed by atoms with Crippen LogP contribution in [0.15, 0.2) is 0 Å². The Kier molecular flexibility index (Phi) is 8.13. The molecule has 0 rings (SSSR count). The highest BCUT2D eigenvalue weighted by atomic mass is 15.0. The van der Waals surface area contributed by atoms with Crippen molar-refractivity contribution in [1.82, 2.24) is 5.32 Å². The van der Waals surface area contributed by atoms with E-state index in [4.69, 9.17) is 0 Å². The van der Waals surface area contributed by atoms with E-state index in [0.717, 1.165) is 5.92 Å². The lowest BCUT2D eigenvalue weighted by Gasteiger charge is -2.28. The molecule has 0 aliphatic carbocycles. The SMILES string of the molecule is CCCCC(CC)CNC(C)(C)CCC. The van der Waals surface area contributed by atoms with Crippen LogP contribution in [0.2, 0.25) is 0 Å². The highest BCUT2D eigenvalue weighted by Crippen LogP contribution is 2.15. The lowest BCUT2D eigenvalue weighted by Crippen LogP contribution is -2.41. The summed E-state index contributed by atoms with van der Waals surface area (Å²) < 4.78 is 0. The van der Waals surface area contributed by atoms with E-state index in [1.165, 1.54) is 45.1 Å². The first-order chi connectivity index (χ1) is 7.05. The van der Waals surface area contributed by atoms with E-state index in [1.807, 2.05) is 0 Å². The molecule has 0 aliphatic heterocycles. The molecule has 0 spiro atoms. The lowest BCUT2D eigenvalue weighted by atomic mass is 9.95. The van der Waals surface area contributed by atoms with Crippen molar-refractivity contribution in [3.05, 3.63) is 0 Å². The third-order valence-corrected chi connectivity index (χ3v) is 3.29. The minimum Gasteiger partial charge on any atom is -0.312 e. The van der Waals surface area contributed by atoms with Crippen molar-refractivity contribution in [3.8, 4) is 0 Å². The maximum Gasteiger partial charge on any atom is 0.0125 e. The smallest absolute Gasteiger partial charge is 0.0125 e. The summed E-state index contributed by atoms with van der Waals surface area (Å²) in [5, 5.41) is 3.72. The first-order valence-corrected chi connectivity index (χ1v) is 6.80. The van der Waals surface area contributed by atoms with Gasteiger partial charge < -0.3 is 5.32 Å². The largest absolute Gasteiger partial charge is 0.312 e. The first kappa shape index (κ1) is 15.0. The molecule has 1 N–H and O–H groups in total. The Hall–Kier alpha value is -0.0400. The summed E-state index contributed by atoms with van der Waals surface area (Å²) in [6, 6.07) is 0. The van der Waals surface area contributed by atoms with Crippen LogP contribution >= 0.6 is 0 Å². The van der Waals surface area contributed by atoms with Crippen molar-refractivity contribution < 1.29 is 0 Å². The number of hydrogen-bond donors (Lipinski definition) is 1. The summed E-state index contributed by atoms with van der Waals surface area (Å²) >= 11 is 0. The van der Waals surface area contributed by atoms with Gasteiger partial charge in [-0.3, -0.25) is 0 Å². The summed E-state index contributed by atoms with van der Waals surface area (Å²) in [7, 11) is 0. The molecule has 0 aromatic rings. The zero-order valence-corrected chi connectivity index (χ0v) is 11.5. The molecule has 1 heteroatoms. The number of hydrogen-bond acceptors (Lipinski definition) is 1. The van der Waals surface area contributed by atoms with E-state index >= 15 is 0 Å². The second-order valence-corrected chi connectivity index (χ2v) is 5.43. The molecule has 0 aromatic heterocycles. The molecule has 0 bridgehead atoms. The van der Waals surface area contributed by atoms with Gasteiger partial charge in [-0.25, -0.2) is 0 Å². The molecule has 1 nitrogen and oxygen atoms in total. The summed E-state index contributed by atoms with van der Waals surface area (Å²) in [6.45, 7) is 12.7. The fraction of sp³-hybridized carbons (Fsp3) is 1.00. The van der Waals surface area contributed by atoms with Gasteiger partial charge in [-0.1, -0.05) is 46.5 Å². The zero-order chi connectivity index (χ0) is 11.7. The molecule has 0 heterocycles. The molecule has 0 radical (unpaired) electrons. The Labute approximate surface area is 97.0 Å². The average Bonchev–Trinajstić information content (AvgIpc) is 2.18. The van der Waals surface area contributed by atoms with Gasteiger partial charge in [-0.15, -0.1) is 0 Å². The average molecular weight is 213 g/mol. The van der Waals surface area contributed by atoms with E-state index < -0.39 is 0 Å². The standard InChI is InChI=1S/C14H31N/c1-6-9-10-13(8-3)12-15-14(4,5)11-7-2/h13,15H,6-12H2,1-5H3. The van der Waals surface area contributed by atoms with E-state index in [2.05, 4.69) is 39.9 Å². The van der Waals surface area contributed by atoms with Crippen molar-refractivity contribution in [2.75, 3.05) is 6.54 Å². The quantitative estimate of drug-likeness (QED) is 0.599. The molecule has 1 atom stereocenters. The van der Waals surface area contributed by atoms with Crippen LogP contribution in [0.3, 0.4) is 0 Å². The Balaban J connectivity index is 3.77. The summed E-state index contributed by atoms with van der Waals surface area (Å²) in [4.78, 5) is 0. The van der Waals surface area contributed by atoms with Crippen LogP contribution in [0.5, 0.6) is 0 Å². The van der Waals surface area contributed by atoms with Crippen LogP contribution < -0.4 is 5.32 Å².